The van der Waals surface area contributed by atoms with Crippen molar-refractivity contribution in [1.29, 1.82) is 0 Å². The minimum Gasteiger partial charge on any atom is -0.496 e. The molecule has 1 aromatic carbocycles. The fraction of sp³-hybridized carbons (Fsp3) is 0.538. The molecule has 0 saturated heterocycles. The molecule has 0 bridgehead atoms. The van der Waals surface area contributed by atoms with Gasteiger partial charge in [0, 0.05) is 12.1 Å². The van der Waals surface area contributed by atoms with E-state index in [4.69, 9.17) is 15.2 Å². The zero-order valence-electron chi connectivity index (χ0n) is 11.8. The second-order valence-electron chi connectivity index (χ2n) is 4.40. The Labute approximate surface area is 114 Å². The average Bonchev–Trinajstić information content (AvgIpc) is 2.37. The van der Waals surface area contributed by atoms with Crippen LogP contribution in [0.5, 0.6) is 11.5 Å². The van der Waals surface area contributed by atoms with Crippen LogP contribution in [0.4, 0.5) is 0 Å². The molecule has 1 rings (SSSR count). The maximum atomic E-state index is 12.0. The van der Waals surface area contributed by atoms with Crippen molar-refractivity contribution in [2.24, 2.45) is 5.73 Å². The third-order valence-electron chi connectivity index (χ3n) is 2.82. The van der Waals surface area contributed by atoms with Gasteiger partial charge in [0.05, 0.1) is 20.0 Å². The number of nitrogens with two attached hydrogens (primary N) is 1. The van der Waals surface area contributed by atoms with Crippen LogP contribution in [0, 0.1) is 0 Å². The van der Waals surface area contributed by atoms with Crippen LogP contribution in [0.1, 0.15) is 19.4 Å². The summed E-state index contributed by atoms with van der Waals surface area (Å²) in [7, 11) is -0.396. The number of methoxy groups -OCH3 is 2. The van der Waals surface area contributed by atoms with Gasteiger partial charge in [0.15, 0.2) is 9.84 Å². The summed E-state index contributed by atoms with van der Waals surface area (Å²) in [6.45, 7) is 3.47. The highest BCUT2D eigenvalue weighted by atomic mass is 32.2. The Morgan fingerprint density at radius 2 is 1.79 bits per heavy atom. The largest absolute Gasteiger partial charge is 0.496 e. The summed E-state index contributed by atoms with van der Waals surface area (Å²) in [5, 5.41) is 0. The second-order valence-corrected chi connectivity index (χ2v) is 6.65. The van der Waals surface area contributed by atoms with Gasteiger partial charge in [-0.15, -0.1) is 0 Å². The highest BCUT2D eigenvalue weighted by Gasteiger charge is 2.21. The quantitative estimate of drug-likeness (QED) is 0.855. The highest BCUT2D eigenvalue weighted by molar-refractivity contribution is 7.91. The number of rotatable bonds is 6. The molecule has 0 aliphatic carbocycles. The first-order chi connectivity index (χ1) is 8.85. The third-order valence-corrected chi connectivity index (χ3v) is 4.57. The molecule has 0 aliphatic rings. The van der Waals surface area contributed by atoms with E-state index in [1.54, 1.807) is 13.0 Å². The molecule has 6 heteroatoms. The summed E-state index contributed by atoms with van der Waals surface area (Å²) < 4.78 is 34.5. The maximum Gasteiger partial charge on any atom is 0.181 e. The predicted molar refractivity (Wildman–Crippen MR) is 74.6 cm³/mol. The minimum atomic E-state index is -3.36. The number of ether oxygens (including phenoxy) is 2. The fourth-order valence-electron chi connectivity index (χ4n) is 1.84. The Morgan fingerprint density at radius 3 is 2.21 bits per heavy atom. The summed E-state index contributed by atoms with van der Waals surface area (Å²) in [5.74, 6) is 0.863. The third kappa shape index (κ3) is 3.61. The van der Waals surface area contributed by atoms with E-state index >= 15 is 0 Å². The summed E-state index contributed by atoms with van der Waals surface area (Å²) in [6.07, 6.45) is 0.589. The van der Waals surface area contributed by atoms with Crippen LogP contribution < -0.4 is 15.2 Å². The van der Waals surface area contributed by atoms with E-state index in [1.807, 2.05) is 6.92 Å². The molecule has 0 fully saturated rings. The molecule has 0 aromatic heterocycles. The molecule has 0 heterocycles. The molecule has 0 spiro atoms. The van der Waals surface area contributed by atoms with Crippen molar-refractivity contribution in [3.63, 3.8) is 0 Å². The molecule has 1 aromatic rings. The summed E-state index contributed by atoms with van der Waals surface area (Å²) in [4.78, 5) is 0.155. The van der Waals surface area contributed by atoms with Gasteiger partial charge in [0.2, 0.25) is 0 Å². The van der Waals surface area contributed by atoms with Crippen LogP contribution in [0.2, 0.25) is 0 Å². The van der Waals surface area contributed by atoms with E-state index in [0.717, 1.165) is 5.56 Å². The van der Waals surface area contributed by atoms with Crippen LogP contribution in [-0.4, -0.2) is 34.4 Å². The monoisotopic (exact) mass is 287 g/mol. The fourth-order valence-corrected chi connectivity index (χ4v) is 2.88. The van der Waals surface area contributed by atoms with Crippen LogP contribution in [0.15, 0.2) is 17.0 Å². The molecule has 1 atom stereocenters. The van der Waals surface area contributed by atoms with Crippen molar-refractivity contribution in [3.05, 3.63) is 17.7 Å². The molecular formula is C13H21NO4S. The number of hydrogen-bond donors (Lipinski definition) is 1. The molecule has 0 aliphatic heterocycles. The van der Waals surface area contributed by atoms with E-state index in [-0.39, 0.29) is 16.7 Å². The first kappa shape index (κ1) is 15.8. The van der Waals surface area contributed by atoms with Gasteiger partial charge in [-0.3, -0.25) is 0 Å². The Balaban J connectivity index is 3.44. The smallest absolute Gasteiger partial charge is 0.181 e. The van der Waals surface area contributed by atoms with Gasteiger partial charge < -0.3 is 15.2 Å². The summed E-state index contributed by atoms with van der Waals surface area (Å²) in [6, 6.07) is 3.15. The lowest BCUT2D eigenvalue weighted by molar-refractivity contribution is 0.388. The SMILES string of the molecule is CCS(=O)(=O)c1cc(OC)c(CC(C)N)cc1OC. The zero-order chi connectivity index (χ0) is 14.6. The molecule has 108 valence electrons. The highest BCUT2D eigenvalue weighted by Crippen LogP contribution is 2.33. The van der Waals surface area contributed by atoms with Crippen molar-refractivity contribution in [2.45, 2.75) is 31.2 Å². The maximum absolute atomic E-state index is 12.0. The zero-order valence-corrected chi connectivity index (χ0v) is 12.6. The number of sulfone groups is 1. The van der Waals surface area contributed by atoms with Gasteiger partial charge >= 0.3 is 0 Å². The lowest BCUT2D eigenvalue weighted by atomic mass is 10.1. The van der Waals surface area contributed by atoms with Gasteiger partial charge in [-0.25, -0.2) is 8.42 Å². The molecule has 1 unspecified atom stereocenters. The Bertz CT molecular complexity index is 538. The van der Waals surface area contributed by atoms with Crippen molar-refractivity contribution in [3.8, 4) is 11.5 Å². The second kappa shape index (κ2) is 6.25. The van der Waals surface area contributed by atoms with Gasteiger partial charge in [0.1, 0.15) is 16.4 Å². The predicted octanol–water partition coefficient (Wildman–Crippen LogP) is 1.39. The first-order valence-electron chi connectivity index (χ1n) is 6.09. The number of benzene rings is 1. The molecule has 0 amide bonds. The van der Waals surface area contributed by atoms with Gasteiger partial charge in [-0.05, 0) is 25.0 Å². The molecule has 2 N–H and O–H groups in total. The van der Waals surface area contributed by atoms with Crippen LogP contribution in [0.3, 0.4) is 0 Å². The first-order valence-corrected chi connectivity index (χ1v) is 7.74. The molecular weight excluding hydrogens is 266 g/mol. The molecule has 5 nitrogen and oxygen atoms in total. The average molecular weight is 287 g/mol. The van der Waals surface area contributed by atoms with Gasteiger partial charge in [-0.1, -0.05) is 6.92 Å². The Kier molecular flexibility index (Phi) is 5.20. The lowest BCUT2D eigenvalue weighted by Gasteiger charge is -2.15. The molecule has 0 radical (unpaired) electrons. The normalized spacial score (nSPS) is 13.1. The van der Waals surface area contributed by atoms with Crippen molar-refractivity contribution < 1.29 is 17.9 Å². The van der Waals surface area contributed by atoms with Crippen LogP contribution in [0.25, 0.3) is 0 Å². The molecule has 0 saturated carbocycles. The standard InChI is InChI=1S/C13H21NO4S/c1-5-19(15,16)13-8-11(17-3)10(6-9(2)14)7-12(13)18-4/h7-9H,5-6,14H2,1-4H3. The van der Waals surface area contributed by atoms with Gasteiger partial charge in [0.25, 0.3) is 0 Å². The topological polar surface area (TPSA) is 78.6 Å². The van der Waals surface area contributed by atoms with E-state index in [9.17, 15) is 8.42 Å². The van der Waals surface area contributed by atoms with Crippen molar-refractivity contribution >= 4 is 9.84 Å². The van der Waals surface area contributed by atoms with Crippen molar-refractivity contribution in [1.82, 2.24) is 0 Å². The summed E-state index contributed by atoms with van der Waals surface area (Å²) in [5.41, 5.74) is 6.61. The van der Waals surface area contributed by atoms with E-state index in [1.165, 1.54) is 20.3 Å². The van der Waals surface area contributed by atoms with E-state index in [2.05, 4.69) is 0 Å². The van der Waals surface area contributed by atoms with Gasteiger partial charge in [-0.2, -0.15) is 0 Å². The van der Waals surface area contributed by atoms with Crippen LogP contribution >= 0.6 is 0 Å². The summed E-state index contributed by atoms with van der Waals surface area (Å²) >= 11 is 0. The Morgan fingerprint density at radius 1 is 1.21 bits per heavy atom. The van der Waals surface area contributed by atoms with Crippen molar-refractivity contribution in [2.75, 3.05) is 20.0 Å². The van der Waals surface area contributed by atoms with E-state index in [0.29, 0.717) is 17.9 Å². The van der Waals surface area contributed by atoms with Crippen LogP contribution in [-0.2, 0) is 16.3 Å². The minimum absolute atomic E-state index is 0.0130. The number of hydrogen-bond acceptors (Lipinski definition) is 5. The Hall–Kier alpha value is -1.27. The van der Waals surface area contributed by atoms with E-state index < -0.39 is 9.84 Å². The molecule has 19 heavy (non-hydrogen) atoms. The lowest BCUT2D eigenvalue weighted by Crippen LogP contribution is -2.18.